The van der Waals surface area contributed by atoms with E-state index in [0.717, 1.165) is 5.54 Å². The molecule has 15 heavy (non-hydrogen) atoms. The minimum absolute atomic E-state index is 0.730. The highest BCUT2D eigenvalue weighted by molar-refractivity contribution is 6.78. The first-order valence-electron chi connectivity index (χ1n) is 5.69. The van der Waals surface area contributed by atoms with Gasteiger partial charge in [-0.25, -0.2) is 0 Å². The summed E-state index contributed by atoms with van der Waals surface area (Å²) in [5.41, 5.74) is 6.91. The van der Waals surface area contributed by atoms with Gasteiger partial charge >= 0.3 is 0 Å². The molecule has 0 fully saturated rings. The van der Waals surface area contributed by atoms with Crippen molar-refractivity contribution < 1.29 is 0 Å². The zero-order valence-electron chi connectivity index (χ0n) is 10.4. The quantitative estimate of drug-likeness (QED) is 0.608. The highest BCUT2D eigenvalue weighted by Gasteiger charge is 2.35. The topological polar surface area (TPSA) is 0 Å². The fourth-order valence-corrected chi connectivity index (χ4v) is 5.57. The fourth-order valence-electron chi connectivity index (χ4n) is 2.87. The van der Waals surface area contributed by atoms with Crippen molar-refractivity contribution in [2.24, 2.45) is 0 Å². The molecule has 0 saturated carbocycles. The van der Waals surface area contributed by atoms with Gasteiger partial charge in [0.1, 0.15) is 0 Å². The van der Waals surface area contributed by atoms with Crippen LogP contribution in [-0.2, 0) is 0 Å². The molecule has 1 aromatic carbocycles. The van der Waals surface area contributed by atoms with Crippen molar-refractivity contribution in [1.82, 2.24) is 0 Å². The second-order valence-corrected chi connectivity index (χ2v) is 11.0. The monoisotopic (exact) mass is 216 g/mol. The molecule has 0 heterocycles. The fraction of sp³-hybridized carbons (Fsp3) is 0.429. The van der Waals surface area contributed by atoms with Crippen LogP contribution in [0.3, 0.4) is 0 Å². The van der Waals surface area contributed by atoms with Crippen molar-refractivity contribution in [3.8, 4) is 0 Å². The third-order valence-electron chi connectivity index (χ3n) is 3.57. The molecule has 0 aromatic heterocycles. The summed E-state index contributed by atoms with van der Waals surface area (Å²) in [6, 6.07) is 8.92. The van der Waals surface area contributed by atoms with E-state index in [1.807, 2.05) is 0 Å². The van der Waals surface area contributed by atoms with Crippen molar-refractivity contribution in [1.29, 1.82) is 0 Å². The van der Waals surface area contributed by atoms with E-state index in [0.29, 0.717) is 0 Å². The molecule has 0 bridgehead atoms. The van der Waals surface area contributed by atoms with Crippen LogP contribution in [0.1, 0.15) is 30.5 Å². The van der Waals surface area contributed by atoms with Crippen LogP contribution >= 0.6 is 0 Å². The zero-order valence-corrected chi connectivity index (χ0v) is 11.4. The minimum atomic E-state index is -1.14. The van der Waals surface area contributed by atoms with Crippen molar-refractivity contribution in [2.75, 3.05) is 0 Å². The molecular weight excluding hydrogens is 196 g/mol. The lowest BCUT2D eigenvalue weighted by molar-refractivity contribution is 1.07. The van der Waals surface area contributed by atoms with Crippen molar-refractivity contribution in [3.05, 3.63) is 41.0 Å². The van der Waals surface area contributed by atoms with Crippen LogP contribution in [0, 0.1) is 0 Å². The number of rotatable bonds is 1. The number of hydrogen-bond donors (Lipinski definition) is 0. The Labute approximate surface area is 94.0 Å². The second-order valence-electron chi connectivity index (χ2n) is 5.69. The molecule has 0 saturated heterocycles. The lowest BCUT2D eigenvalue weighted by atomic mass is 10.1. The number of allylic oxidation sites excluding steroid dienone is 2. The third-order valence-corrected chi connectivity index (χ3v) is 6.04. The van der Waals surface area contributed by atoms with Gasteiger partial charge < -0.3 is 0 Å². The SMILES string of the molecule is CC1=C(C)C([Si](C)(C)C)c2ccccc21. The predicted molar refractivity (Wildman–Crippen MR) is 70.8 cm³/mol. The Morgan fingerprint density at radius 3 is 2.20 bits per heavy atom. The molecule has 80 valence electrons. The highest BCUT2D eigenvalue weighted by atomic mass is 28.3. The van der Waals surface area contributed by atoms with Gasteiger partial charge in [0.05, 0.1) is 8.07 Å². The second kappa shape index (κ2) is 3.34. The van der Waals surface area contributed by atoms with Gasteiger partial charge in [0.25, 0.3) is 0 Å². The first kappa shape index (κ1) is 10.7. The number of hydrogen-bond acceptors (Lipinski definition) is 0. The highest BCUT2D eigenvalue weighted by Crippen LogP contribution is 2.45. The van der Waals surface area contributed by atoms with Gasteiger partial charge in [-0.2, -0.15) is 0 Å². The minimum Gasteiger partial charge on any atom is -0.0688 e. The summed E-state index contributed by atoms with van der Waals surface area (Å²) in [6.07, 6.45) is 0. The van der Waals surface area contributed by atoms with Crippen molar-refractivity contribution >= 4 is 13.6 Å². The van der Waals surface area contributed by atoms with E-state index < -0.39 is 8.07 Å². The van der Waals surface area contributed by atoms with Gasteiger partial charge in [-0.3, -0.25) is 0 Å². The van der Waals surface area contributed by atoms with Crippen LogP contribution in [0.4, 0.5) is 0 Å². The molecule has 1 atom stereocenters. The van der Waals surface area contributed by atoms with Gasteiger partial charge in [-0.05, 0) is 30.5 Å². The van der Waals surface area contributed by atoms with E-state index in [2.05, 4.69) is 57.8 Å². The van der Waals surface area contributed by atoms with E-state index in [1.54, 1.807) is 11.1 Å². The zero-order chi connectivity index (χ0) is 11.2. The first-order chi connectivity index (χ1) is 6.93. The lowest BCUT2D eigenvalue weighted by Crippen LogP contribution is -2.30. The van der Waals surface area contributed by atoms with Gasteiger partial charge in [0.2, 0.25) is 0 Å². The number of benzene rings is 1. The molecule has 0 nitrogen and oxygen atoms in total. The molecule has 1 heteroatoms. The first-order valence-corrected chi connectivity index (χ1v) is 9.27. The molecule has 1 aliphatic rings. The van der Waals surface area contributed by atoms with E-state index in [-0.39, 0.29) is 0 Å². The summed E-state index contributed by atoms with van der Waals surface area (Å²) in [6.45, 7) is 12.0. The smallest absolute Gasteiger partial charge is 0.0569 e. The Kier molecular flexibility index (Phi) is 2.38. The summed E-state index contributed by atoms with van der Waals surface area (Å²) in [5, 5.41) is 0. The van der Waals surface area contributed by atoms with Crippen LogP contribution in [0.2, 0.25) is 19.6 Å². The molecule has 2 rings (SSSR count). The molecule has 0 aliphatic heterocycles. The third kappa shape index (κ3) is 1.59. The maximum Gasteiger partial charge on any atom is 0.0569 e. The maximum atomic E-state index is 2.47. The lowest BCUT2D eigenvalue weighted by Gasteiger charge is -2.27. The maximum absolute atomic E-state index is 2.47. The van der Waals surface area contributed by atoms with Crippen molar-refractivity contribution in [3.63, 3.8) is 0 Å². The summed E-state index contributed by atoms with van der Waals surface area (Å²) in [7, 11) is -1.14. The molecule has 1 unspecified atom stereocenters. The van der Waals surface area contributed by atoms with Crippen LogP contribution in [-0.4, -0.2) is 8.07 Å². The standard InChI is InChI=1S/C14H20Si/c1-10-11(2)14(15(3,4)5)13-9-7-6-8-12(10)13/h6-9,14H,1-5H3. The van der Waals surface area contributed by atoms with E-state index in [4.69, 9.17) is 0 Å². The Morgan fingerprint density at radius 2 is 1.60 bits per heavy atom. The molecule has 1 aromatic rings. The van der Waals surface area contributed by atoms with Gasteiger partial charge in [-0.1, -0.05) is 49.5 Å². The van der Waals surface area contributed by atoms with E-state index in [1.165, 1.54) is 11.1 Å². The molecule has 0 spiro atoms. The average molecular weight is 216 g/mol. The summed E-state index contributed by atoms with van der Waals surface area (Å²) < 4.78 is 0. The molecule has 0 N–H and O–H groups in total. The van der Waals surface area contributed by atoms with Crippen LogP contribution in [0.15, 0.2) is 29.8 Å². The van der Waals surface area contributed by atoms with E-state index in [9.17, 15) is 0 Å². The Hall–Kier alpha value is -0.823. The summed E-state index contributed by atoms with van der Waals surface area (Å²) in [5.74, 6) is 0. The van der Waals surface area contributed by atoms with Gasteiger partial charge in [-0.15, -0.1) is 0 Å². The van der Waals surface area contributed by atoms with Crippen molar-refractivity contribution in [2.45, 2.75) is 39.0 Å². The molecular formula is C14H20Si. The number of fused-ring (bicyclic) bond motifs is 1. The largest absolute Gasteiger partial charge is 0.0688 e. The molecule has 1 aliphatic carbocycles. The molecule has 0 amide bonds. The summed E-state index contributed by atoms with van der Waals surface area (Å²) in [4.78, 5) is 0. The van der Waals surface area contributed by atoms with Crippen LogP contribution in [0.25, 0.3) is 5.57 Å². The Morgan fingerprint density at radius 1 is 1.00 bits per heavy atom. The van der Waals surface area contributed by atoms with Crippen LogP contribution < -0.4 is 0 Å². The molecule has 0 radical (unpaired) electrons. The van der Waals surface area contributed by atoms with E-state index >= 15 is 0 Å². The Bertz CT molecular complexity index is 421. The van der Waals surface area contributed by atoms with Crippen LogP contribution in [0.5, 0.6) is 0 Å². The Balaban J connectivity index is 2.62. The van der Waals surface area contributed by atoms with Gasteiger partial charge in [0.15, 0.2) is 0 Å². The summed E-state index contributed by atoms with van der Waals surface area (Å²) >= 11 is 0. The normalized spacial score (nSPS) is 20.7. The van der Waals surface area contributed by atoms with Gasteiger partial charge in [0, 0.05) is 5.54 Å². The average Bonchev–Trinajstić information content (AvgIpc) is 2.39. The predicted octanol–water partition coefficient (Wildman–Crippen LogP) is 4.45.